The van der Waals surface area contributed by atoms with Crippen molar-refractivity contribution in [2.45, 2.75) is 13.3 Å². The fraction of sp³-hybridized carbons (Fsp3) is 0.231. The summed E-state index contributed by atoms with van der Waals surface area (Å²) in [6.45, 7) is 2.06. The maximum Gasteiger partial charge on any atom is 0.153 e. The van der Waals surface area contributed by atoms with Crippen LogP contribution in [0.5, 0.6) is 0 Å². The lowest BCUT2D eigenvalue weighted by molar-refractivity contribution is 0.924. The van der Waals surface area contributed by atoms with Crippen molar-refractivity contribution >= 4 is 17.2 Å². The van der Waals surface area contributed by atoms with Crippen LogP contribution in [0.15, 0.2) is 36.4 Å². The van der Waals surface area contributed by atoms with E-state index >= 15 is 0 Å². The van der Waals surface area contributed by atoms with Gasteiger partial charge in [0.1, 0.15) is 0 Å². The van der Waals surface area contributed by atoms with Crippen molar-refractivity contribution in [3.05, 3.63) is 42.1 Å². The van der Waals surface area contributed by atoms with E-state index < -0.39 is 0 Å². The molecule has 0 saturated carbocycles. The van der Waals surface area contributed by atoms with Crippen molar-refractivity contribution in [1.82, 2.24) is 10.2 Å². The lowest BCUT2D eigenvalue weighted by Crippen LogP contribution is -1.97. The third kappa shape index (κ3) is 2.93. The van der Waals surface area contributed by atoms with Gasteiger partial charge in [0.05, 0.1) is 5.69 Å². The molecule has 0 radical (unpaired) electrons. The summed E-state index contributed by atoms with van der Waals surface area (Å²) in [6.07, 6.45) is 0.907. The number of rotatable bonds is 4. The Kier molecular flexibility index (Phi) is 3.55. The van der Waals surface area contributed by atoms with E-state index in [0.717, 1.165) is 29.3 Å². The first kappa shape index (κ1) is 11.4. The Morgan fingerprint density at radius 2 is 1.65 bits per heavy atom. The Bertz CT molecular complexity index is 416. The fourth-order valence-electron chi connectivity index (χ4n) is 1.48. The van der Waals surface area contributed by atoms with Gasteiger partial charge in [-0.3, -0.25) is 0 Å². The Labute approximate surface area is 101 Å². The normalized spacial score (nSPS) is 10.0. The number of nitrogens with zero attached hydrogens (tertiary/aromatic N) is 2. The molecular formula is C13H16N4. The molecule has 0 saturated heterocycles. The minimum absolute atomic E-state index is 0.763. The van der Waals surface area contributed by atoms with Gasteiger partial charge in [0.25, 0.3) is 0 Å². The summed E-state index contributed by atoms with van der Waals surface area (Å²) < 4.78 is 0. The predicted octanol–water partition coefficient (Wildman–Crippen LogP) is 2.82. The van der Waals surface area contributed by atoms with Crippen LogP contribution in [0, 0.1) is 0 Å². The molecule has 4 heteroatoms. The number of hydrogen-bond donors (Lipinski definition) is 2. The van der Waals surface area contributed by atoms with Crippen LogP contribution in [0.4, 0.5) is 17.2 Å². The zero-order valence-corrected chi connectivity index (χ0v) is 10.1. The molecule has 2 aromatic rings. The zero-order chi connectivity index (χ0) is 12.1. The molecule has 0 unspecified atom stereocenters. The van der Waals surface area contributed by atoms with Crippen molar-refractivity contribution in [3.8, 4) is 0 Å². The number of nitrogens with one attached hydrogen (secondary N) is 2. The second-order valence-corrected chi connectivity index (χ2v) is 3.72. The Morgan fingerprint density at radius 1 is 0.941 bits per heavy atom. The predicted molar refractivity (Wildman–Crippen MR) is 70.7 cm³/mol. The molecule has 0 spiro atoms. The fourth-order valence-corrected chi connectivity index (χ4v) is 1.48. The lowest BCUT2D eigenvalue weighted by Gasteiger charge is -2.06. The van der Waals surface area contributed by atoms with Crippen LogP contribution in [-0.2, 0) is 6.42 Å². The molecule has 0 aliphatic heterocycles. The minimum Gasteiger partial charge on any atom is -0.388 e. The van der Waals surface area contributed by atoms with Gasteiger partial charge in [-0.2, -0.15) is 5.10 Å². The van der Waals surface area contributed by atoms with Crippen molar-refractivity contribution in [3.63, 3.8) is 0 Å². The molecule has 1 aromatic heterocycles. The highest BCUT2D eigenvalue weighted by atomic mass is 15.2. The molecule has 0 fully saturated rings. The van der Waals surface area contributed by atoms with Gasteiger partial charge in [-0.1, -0.05) is 6.92 Å². The van der Waals surface area contributed by atoms with Crippen LogP contribution >= 0.6 is 0 Å². The molecule has 2 N–H and O–H groups in total. The second kappa shape index (κ2) is 5.30. The van der Waals surface area contributed by atoms with E-state index in [4.69, 9.17) is 0 Å². The monoisotopic (exact) mass is 228 g/mol. The van der Waals surface area contributed by atoms with Crippen LogP contribution in [0.2, 0.25) is 0 Å². The van der Waals surface area contributed by atoms with Crippen LogP contribution in [0.25, 0.3) is 0 Å². The van der Waals surface area contributed by atoms with Gasteiger partial charge in [-0.15, -0.1) is 5.10 Å². The molecule has 1 aromatic carbocycles. The lowest BCUT2D eigenvalue weighted by atomic mass is 10.2. The molecule has 1 heterocycles. The SMILES string of the molecule is CCc1ccc(Nc2ccc(NC)cc2)nn1. The third-order valence-corrected chi connectivity index (χ3v) is 2.53. The van der Waals surface area contributed by atoms with E-state index in [1.807, 2.05) is 43.4 Å². The van der Waals surface area contributed by atoms with E-state index in [0.29, 0.717) is 0 Å². The molecule has 0 atom stereocenters. The molecular weight excluding hydrogens is 212 g/mol. The van der Waals surface area contributed by atoms with Gasteiger partial charge in [0.15, 0.2) is 5.82 Å². The first-order chi connectivity index (χ1) is 8.31. The summed E-state index contributed by atoms with van der Waals surface area (Å²) in [7, 11) is 1.90. The highest BCUT2D eigenvalue weighted by molar-refractivity contribution is 5.59. The first-order valence-corrected chi connectivity index (χ1v) is 5.69. The van der Waals surface area contributed by atoms with E-state index in [1.165, 1.54) is 0 Å². The summed E-state index contributed by atoms with van der Waals surface area (Å²) in [4.78, 5) is 0. The van der Waals surface area contributed by atoms with E-state index in [2.05, 4.69) is 27.8 Å². The highest BCUT2D eigenvalue weighted by Crippen LogP contribution is 2.16. The highest BCUT2D eigenvalue weighted by Gasteiger charge is 1.97. The Morgan fingerprint density at radius 3 is 2.18 bits per heavy atom. The Balaban J connectivity index is 2.08. The largest absolute Gasteiger partial charge is 0.388 e. The van der Waals surface area contributed by atoms with E-state index in [-0.39, 0.29) is 0 Å². The minimum atomic E-state index is 0.763. The third-order valence-electron chi connectivity index (χ3n) is 2.53. The zero-order valence-electron chi connectivity index (χ0n) is 10.1. The molecule has 4 nitrogen and oxygen atoms in total. The van der Waals surface area contributed by atoms with Crippen molar-refractivity contribution < 1.29 is 0 Å². The summed E-state index contributed by atoms with van der Waals surface area (Å²) in [6, 6.07) is 11.9. The molecule has 2 rings (SSSR count). The molecule has 0 bridgehead atoms. The number of aryl methyl sites for hydroxylation is 1. The summed E-state index contributed by atoms with van der Waals surface area (Å²) in [5, 5.41) is 14.5. The molecule has 0 aliphatic rings. The van der Waals surface area contributed by atoms with Gasteiger partial charge in [-0.25, -0.2) is 0 Å². The van der Waals surface area contributed by atoms with E-state index in [1.54, 1.807) is 0 Å². The number of hydrogen-bond acceptors (Lipinski definition) is 4. The number of anilines is 3. The van der Waals surface area contributed by atoms with Crippen molar-refractivity contribution in [2.75, 3.05) is 17.7 Å². The topological polar surface area (TPSA) is 49.8 Å². The van der Waals surface area contributed by atoms with Crippen LogP contribution in [0.3, 0.4) is 0 Å². The van der Waals surface area contributed by atoms with Crippen LogP contribution < -0.4 is 10.6 Å². The van der Waals surface area contributed by atoms with Gasteiger partial charge in [-0.05, 0) is 42.8 Å². The average molecular weight is 228 g/mol. The van der Waals surface area contributed by atoms with Gasteiger partial charge in [0, 0.05) is 18.4 Å². The number of benzene rings is 1. The van der Waals surface area contributed by atoms with Gasteiger partial charge < -0.3 is 10.6 Å². The molecule has 0 aliphatic carbocycles. The summed E-state index contributed by atoms with van der Waals surface area (Å²) in [5.74, 6) is 0.763. The van der Waals surface area contributed by atoms with Gasteiger partial charge in [0.2, 0.25) is 0 Å². The summed E-state index contributed by atoms with van der Waals surface area (Å²) in [5.41, 5.74) is 3.09. The first-order valence-electron chi connectivity index (χ1n) is 5.69. The van der Waals surface area contributed by atoms with E-state index in [9.17, 15) is 0 Å². The van der Waals surface area contributed by atoms with Crippen molar-refractivity contribution in [2.24, 2.45) is 0 Å². The molecule has 88 valence electrons. The molecule has 0 amide bonds. The van der Waals surface area contributed by atoms with Crippen molar-refractivity contribution in [1.29, 1.82) is 0 Å². The van der Waals surface area contributed by atoms with Crippen LogP contribution in [0.1, 0.15) is 12.6 Å². The Hall–Kier alpha value is -2.10. The van der Waals surface area contributed by atoms with Gasteiger partial charge >= 0.3 is 0 Å². The average Bonchev–Trinajstić information content (AvgIpc) is 2.40. The standard InChI is InChI=1S/C13H16N4/c1-3-10-8-9-13(17-16-10)15-12-6-4-11(14-2)5-7-12/h4-9,14H,3H2,1-2H3,(H,15,17). The number of aromatic nitrogens is 2. The summed E-state index contributed by atoms with van der Waals surface area (Å²) >= 11 is 0. The smallest absolute Gasteiger partial charge is 0.153 e. The second-order valence-electron chi connectivity index (χ2n) is 3.72. The maximum absolute atomic E-state index is 4.11. The quantitative estimate of drug-likeness (QED) is 0.844. The van der Waals surface area contributed by atoms with Crippen LogP contribution in [-0.4, -0.2) is 17.2 Å². The maximum atomic E-state index is 4.11. The molecule has 17 heavy (non-hydrogen) atoms.